The predicted molar refractivity (Wildman–Crippen MR) is 83.2 cm³/mol. The van der Waals surface area contributed by atoms with E-state index >= 15 is 0 Å². The molecular weight excluding hydrogens is 318 g/mol. The van der Waals surface area contributed by atoms with Gasteiger partial charge in [-0.05, 0) is 37.3 Å². The molecule has 2 N–H and O–H groups in total. The molecule has 130 valence electrons. The smallest absolute Gasteiger partial charge is 0.227 e. The second kappa shape index (κ2) is 6.84. The van der Waals surface area contributed by atoms with Gasteiger partial charge < -0.3 is 15.3 Å². The standard InChI is InChI=1S/C17H20F2N2O3/c18-12-6-13(19)8-14(7-12)21-9-11(5-16(21)23)17(24)20-15(3-4-22)10-1-2-10/h6-8,10-11,15,22H,1-5,9H2,(H,20,24). The topological polar surface area (TPSA) is 69.6 Å². The van der Waals surface area contributed by atoms with Crippen LogP contribution in [0.5, 0.6) is 0 Å². The zero-order chi connectivity index (χ0) is 17.3. The van der Waals surface area contributed by atoms with Crippen molar-refractivity contribution in [3.8, 4) is 0 Å². The van der Waals surface area contributed by atoms with E-state index in [9.17, 15) is 18.4 Å². The van der Waals surface area contributed by atoms with Crippen molar-refractivity contribution < 1.29 is 23.5 Å². The molecule has 0 bridgehead atoms. The first kappa shape index (κ1) is 16.8. The van der Waals surface area contributed by atoms with Crippen molar-refractivity contribution in [3.63, 3.8) is 0 Å². The third-order valence-corrected chi connectivity index (χ3v) is 4.61. The number of benzene rings is 1. The fraction of sp³-hybridized carbons (Fsp3) is 0.529. The molecule has 0 spiro atoms. The summed E-state index contributed by atoms with van der Waals surface area (Å²) in [5.74, 6) is -2.25. The number of hydrogen-bond donors (Lipinski definition) is 2. The molecule has 1 aromatic carbocycles. The molecule has 1 aliphatic heterocycles. The lowest BCUT2D eigenvalue weighted by Gasteiger charge is -2.20. The van der Waals surface area contributed by atoms with Crippen LogP contribution in [0.25, 0.3) is 0 Å². The van der Waals surface area contributed by atoms with E-state index in [0.717, 1.165) is 31.0 Å². The van der Waals surface area contributed by atoms with Crippen molar-refractivity contribution in [1.29, 1.82) is 0 Å². The molecule has 1 aromatic rings. The molecule has 0 aromatic heterocycles. The Kier molecular flexibility index (Phi) is 4.80. The minimum absolute atomic E-state index is 0.000260. The van der Waals surface area contributed by atoms with E-state index in [4.69, 9.17) is 5.11 Å². The van der Waals surface area contributed by atoms with Crippen molar-refractivity contribution in [2.75, 3.05) is 18.1 Å². The van der Waals surface area contributed by atoms with Crippen LogP contribution in [0.4, 0.5) is 14.5 Å². The number of halogens is 2. The van der Waals surface area contributed by atoms with Gasteiger partial charge in [-0.1, -0.05) is 0 Å². The Morgan fingerprint density at radius 1 is 1.29 bits per heavy atom. The van der Waals surface area contributed by atoms with Gasteiger partial charge in [0.05, 0.1) is 5.92 Å². The Balaban J connectivity index is 1.66. The summed E-state index contributed by atoms with van der Waals surface area (Å²) in [6.45, 7) is 0.101. The number of rotatable bonds is 6. The molecule has 2 aliphatic rings. The Hall–Kier alpha value is -2.02. The molecule has 2 unspecified atom stereocenters. The first-order valence-electron chi connectivity index (χ1n) is 8.15. The first-order valence-corrected chi connectivity index (χ1v) is 8.15. The highest BCUT2D eigenvalue weighted by atomic mass is 19.1. The number of carbonyl (C=O) groups excluding carboxylic acids is 2. The van der Waals surface area contributed by atoms with E-state index in [1.165, 1.54) is 4.90 Å². The largest absolute Gasteiger partial charge is 0.396 e. The van der Waals surface area contributed by atoms with Gasteiger partial charge in [0.1, 0.15) is 11.6 Å². The summed E-state index contributed by atoms with van der Waals surface area (Å²) in [5, 5.41) is 12.0. The van der Waals surface area contributed by atoms with Crippen molar-refractivity contribution in [2.45, 2.75) is 31.7 Å². The van der Waals surface area contributed by atoms with Crippen molar-refractivity contribution >= 4 is 17.5 Å². The average molecular weight is 338 g/mol. The quantitative estimate of drug-likeness (QED) is 0.828. The molecule has 0 radical (unpaired) electrons. The molecule has 2 fully saturated rings. The van der Waals surface area contributed by atoms with Crippen LogP contribution in [0.1, 0.15) is 25.7 Å². The number of nitrogens with zero attached hydrogens (tertiary/aromatic N) is 1. The SMILES string of the molecule is O=C(NC(CCO)C1CC1)C1CC(=O)N(c2cc(F)cc(F)c2)C1. The lowest BCUT2D eigenvalue weighted by atomic mass is 10.0. The van der Waals surface area contributed by atoms with Crippen LogP contribution in [0.15, 0.2) is 18.2 Å². The van der Waals surface area contributed by atoms with Crippen molar-refractivity contribution in [2.24, 2.45) is 11.8 Å². The highest BCUT2D eigenvalue weighted by molar-refractivity contribution is 6.00. The van der Waals surface area contributed by atoms with Gasteiger partial charge in [0.2, 0.25) is 11.8 Å². The maximum Gasteiger partial charge on any atom is 0.227 e. The lowest BCUT2D eigenvalue weighted by Crippen LogP contribution is -2.41. The second-order valence-corrected chi connectivity index (χ2v) is 6.50. The summed E-state index contributed by atoms with van der Waals surface area (Å²) in [4.78, 5) is 25.8. The number of nitrogens with one attached hydrogen (secondary N) is 1. The summed E-state index contributed by atoms with van der Waals surface area (Å²) < 4.78 is 26.7. The highest BCUT2D eigenvalue weighted by Crippen LogP contribution is 2.34. The van der Waals surface area contributed by atoms with Crippen LogP contribution < -0.4 is 10.2 Å². The van der Waals surface area contributed by atoms with Crippen LogP contribution in [0.2, 0.25) is 0 Å². The van der Waals surface area contributed by atoms with Gasteiger partial charge in [-0.25, -0.2) is 8.78 Å². The maximum absolute atomic E-state index is 13.3. The second-order valence-electron chi connectivity index (χ2n) is 6.50. The number of carbonyl (C=O) groups is 2. The van der Waals surface area contributed by atoms with Gasteiger partial charge in [0, 0.05) is 37.4 Å². The Morgan fingerprint density at radius 3 is 2.54 bits per heavy atom. The highest BCUT2D eigenvalue weighted by Gasteiger charge is 2.38. The number of amides is 2. The minimum atomic E-state index is -0.762. The average Bonchev–Trinajstić information content (AvgIpc) is 3.28. The zero-order valence-corrected chi connectivity index (χ0v) is 13.2. The molecule has 1 heterocycles. The molecule has 24 heavy (non-hydrogen) atoms. The number of aliphatic hydroxyl groups excluding tert-OH is 1. The number of hydrogen-bond acceptors (Lipinski definition) is 3. The fourth-order valence-electron chi connectivity index (χ4n) is 3.19. The van der Waals surface area contributed by atoms with E-state index in [1.807, 2.05) is 0 Å². The lowest BCUT2D eigenvalue weighted by molar-refractivity contribution is -0.127. The number of aliphatic hydroxyl groups is 1. The molecule has 3 rings (SSSR count). The van der Waals surface area contributed by atoms with Gasteiger partial charge in [0.15, 0.2) is 0 Å². The summed E-state index contributed by atoms with van der Waals surface area (Å²) in [5.41, 5.74) is 0.127. The van der Waals surface area contributed by atoms with Gasteiger partial charge in [-0.2, -0.15) is 0 Å². The monoisotopic (exact) mass is 338 g/mol. The summed E-state index contributed by atoms with van der Waals surface area (Å²) >= 11 is 0. The molecule has 1 aliphatic carbocycles. The number of anilines is 1. The van der Waals surface area contributed by atoms with E-state index in [2.05, 4.69) is 5.32 Å². The zero-order valence-electron chi connectivity index (χ0n) is 13.2. The molecule has 2 atom stereocenters. The van der Waals surface area contributed by atoms with Crippen LogP contribution in [-0.2, 0) is 9.59 Å². The van der Waals surface area contributed by atoms with Gasteiger partial charge in [0.25, 0.3) is 0 Å². The fourth-order valence-corrected chi connectivity index (χ4v) is 3.19. The van der Waals surface area contributed by atoms with Gasteiger partial charge in [-0.15, -0.1) is 0 Å². The van der Waals surface area contributed by atoms with Crippen molar-refractivity contribution in [3.05, 3.63) is 29.8 Å². The normalized spacial score (nSPS) is 21.9. The molecule has 2 amide bonds. The maximum atomic E-state index is 13.3. The third-order valence-electron chi connectivity index (χ3n) is 4.61. The first-order chi connectivity index (χ1) is 11.5. The summed E-state index contributed by atoms with van der Waals surface area (Å²) in [6, 6.07) is 2.84. The van der Waals surface area contributed by atoms with Crippen LogP contribution in [-0.4, -0.2) is 36.1 Å². The molecule has 7 heteroatoms. The van der Waals surface area contributed by atoms with E-state index in [0.29, 0.717) is 12.3 Å². The summed E-state index contributed by atoms with van der Waals surface area (Å²) in [6.07, 6.45) is 2.57. The van der Waals surface area contributed by atoms with Gasteiger partial charge in [-0.3, -0.25) is 9.59 Å². The molecule has 1 saturated carbocycles. The van der Waals surface area contributed by atoms with Gasteiger partial charge >= 0.3 is 0 Å². The van der Waals surface area contributed by atoms with Crippen molar-refractivity contribution in [1.82, 2.24) is 5.32 Å². The van der Waals surface area contributed by atoms with E-state index in [1.54, 1.807) is 0 Å². The summed E-state index contributed by atoms with van der Waals surface area (Å²) in [7, 11) is 0. The molecule has 5 nitrogen and oxygen atoms in total. The predicted octanol–water partition coefficient (Wildman–Crippen LogP) is 1.59. The Bertz CT molecular complexity index is 628. The Morgan fingerprint density at radius 2 is 1.96 bits per heavy atom. The molecule has 1 saturated heterocycles. The molecular formula is C17H20F2N2O3. The third kappa shape index (κ3) is 3.72. The van der Waals surface area contributed by atoms with Crippen LogP contribution >= 0.6 is 0 Å². The van der Waals surface area contributed by atoms with E-state index < -0.39 is 17.6 Å². The van der Waals surface area contributed by atoms with Crippen LogP contribution in [0, 0.1) is 23.5 Å². The minimum Gasteiger partial charge on any atom is -0.396 e. The Labute approximate surface area is 138 Å². The van der Waals surface area contributed by atoms with E-state index in [-0.39, 0.29) is 43.1 Å². The van der Waals surface area contributed by atoms with Crippen LogP contribution in [0.3, 0.4) is 0 Å².